The van der Waals surface area contributed by atoms with Gasteiger partial charge in [0.1, 0.15) is 16.3 Å². The highest BCUT2D eigenvalue weighted by Crippen LogP contribution is 2.42. The van der Waals surface area contributed by atoms with Gasteiger partial charge in [0.25, 0.3) is 5.91 Å². The van der Waals surface area contributed by atoms with Gasteiger partial charge in [-0.1, -0.05) is 43.4 Å². The van der Waals surface area contributed by atoms with E-state index in [1.165, 1.54) is 16.2 Å². The Labute approximate surface area is 188 Å². The van der Waals surface area contributed by atoms with E-state index in [-0.39, 0.29) is 11.2 Å². The molecule has 1 atom stereocenters. The van der Waals surface area contributed by atoms with Crippen molar-refractivity contribution in [3.63, 3.8) is 0 Å². The van der Waals surface area contributed by atoms with Crippen LogP contribution in [0.1, 0.15) is 52.1 Å². The molecule has 0 bridgehead atoms. The molecule has 162 valence electrons. The molecule has 1 aliphatic heterocycles. The summed E-state index contributed by atoms with van der Waals surface area (Å²) in [6.07, 6.45) is 1.50. The van der Waals surface area contributed by atoms with E-state index < -0.39 is 11.9 Å². The van der Waals surface area contributed by atoms with Crippen molar-refractivity contribution in [2.45, 2.75) is 32.7 Å². The molecule has 32 heavy (non-hydrogen) atoms. The van der Waals surface area contributed by atoms with E-state index >= 15 is 0 Å². The number of ether oxygens (including phenoxy) is 1. The minimum atomic E-state index is -0.684. The van der Waals surface area contributed by atoms with Gasteiger partial charge in [-0.15, -0.1) is 10.2 Å². The molecule has 0 fully saturated rings. The molecule has 0 saturated carbocycles. The molecule has 5 rings (SSSR count). The summed E-state index contributed by atoms with van der Waals surface area (Å²) in [5.74, 6) is 0.284. The highest BCUT2D eigenvalue weighted by Gasteiger charge is 2.45. The van der Waals surface area contributed by atoms with E-state index in [0.717, 1.165) is 22.6 Å². The highest BCUT2D eigenvalue weighted by atomic mass is 32.1. The van der Waals surface area contributed by atoms with Crippen molar-refractivity contribution in [2.24, 2.45) is 0 Å². The van der Waals surface area contributed by atoms with Crippen LogP contribution in [0.15, 0.2) is 51.7 Å². The SMILES string of the molecule is CCc1ccc2oc3c(c(=O)c2c1)C(c1cccc(OC)c1)N(c1nnc(CC)s1)C3=O. The summed E-state index contributed by atoms with van der Waals surface area (Å²) in [6.45, 7) is 4.01. The molecule has 1 aliphatic rings. The first-order chi connectivity index (χ1) is 15.5. The fourth-order valence-corrected chi connectivity index (χ4v) is 4.85. The predicted molar refractivity (Wildman–Crippen MR) is 123 cm³/mol. The smallest absolute Gasteiger partial charge is 0.297 e. The van der Waals surface area contributed by atoms with E-state index in [1.54, 1.807) is 13.2 Å². The number of carbonyl (C=O) groups is 1. The molecule has 8 heteroatoms. The van der Waals surface area contributed by atoms with Crippen molar-refractivity contribution in [3.05, 3.63) is 80.1 Å². The number of amides is 1. The van der Waals surface area contributed by atoms with Crippen LogP contribution >= 0.6 is 11.3 Å². The van der Waals surface area contributed by atoms with Crippen LogP contribution in [0.3, 0.4) is 0 Å². The van der Waals surface area contributed by atoms with Crippen LogP contribution in [0.4, 0.5) is 5.13 Å². The molecular formula is C24H21N3O4S. The fourth-order valence-electron chi connectivity index (χ4n) is 4.05. The van der Waals surface area contributed by atoms with Gasteiger partial charge in [-0.05, 0) is 48.2 Å². The molecular weight excluding hydrogens is 426 g/mol. The van der Waals surface area contributed by atoms with Crippen LogP contribution in [-0.2, 0) is 12.8 Å². The van der Waals surface area contributed by atoms with E-state index in [4.69, 9.17) is 9.15 Å². The summed E-state index contributed by atoms with van der Waals surface area (Å²) in [5, 5.41) is 10.1. The number of aromatic nitrogens is 2. The van der Waals surface area contributed by atoms with Crippen LogP contribution in [0, 0.1) is 0 Å². The summed E-state index contributed by atoms with van der Waals surface area (Å²) >= 11 is 1.34. The van der Waals surface area contributed by atoms with Gasteiger partial charge in [0.05, 0.1) is 24.1 Å². The fraction of sp³-hybridized carbons (Fsp3) is 0.250. The Morgan fingerprint density at radius 2 is 1.94 bits per heavy atom. The Balaban J connectivity index is 1.79. The first kappa shape index (κ1) is 20.4. The van der Waals surface area contributed by atoms with Crippen LogP contribution in [0.25, 0.3) is 11.0 Å². The quantitative estimate of drug-likeness (QED) is 0.447. The summed E-state index contributed by atoms with van der Waals surface area (Å²) in [5.41, 5.74) is 2.28. The van der Waals surface area contributed by atoms with Crippen molar-refractivity contribution in [1.29, 1.82) is 0 Å². The first-order valence-corrected chi connectivity index (χ1v) is 11.3. The molecule has 1 unspecified atom stereocenters. The van der Waals surface area contributed by atoms with Gasteiger partial charge < -0.3 is 9.15 Å². The van der Waals surface area contributed by atoms with Crippen molar-refractivity contribution in [3.8, 4) is 5.75 Å². The Morgan fingerprint density at radius 3 is 2.66 bits per heavy atom. The van der Waals surface area contributed by atoms with Gasteiger partial charge in [-0.25, -0.2) is 0 Å². The first-order valence-electron chi connectivity index (χ1n) is 10.4. The Kier molecular flexibility index (Phi) is 5.01. The lowest BCUT2D eigenvalue weighted by molar-refractivity contribution is 0.0970. The molecule has 7 nitrogen and oxygen atoms in total. The van der Waals surface area contributed by atoms with Gasteiger partial charge in [0.15, 0.2) is 5.43 Å². The van der Waals surface area contributed by atoms with Gasteiger partial charge in [-0.2, -0.15) is 0 Å². The lowest BCUT2D eigenvalue weighted by Gasteiger charge is -2.22. The van der Waals surface area contributed by atoms with Crippen LogP contribution in [-0.4, -0.2) is 23.2 Å². The lowest BCUT2D eigenvalue weighted by Crippen LogP contribution is -2.29. The van der Waals surface area contributed by atoms with Crippen LogP contribution in [0.2, 0.25) is 0 Å². The largest absolute Gasteiger partial charge is 0.497 e. The number of fused-ring (bicyclic) bond motifs is 2. The number of nitrogens with zero attached hydrogens (tertiary/aromatic N) is 3. The minimum absolute atomic E-state index is 0.0489. The standard InChI is InChI=1S/C24H21N3O4S/c1-4-13-9-10-17-16(11-13)21(28)19-20(14-7-6-8-15(12-14)30-3)27(23(29)22(19)31-17)24-26-25-18(5-2)32-24/h6-12,20H,4-5H2,1-3H3. The van der Waals surface area contributed by atoms with Crippen molar-refractivity contribution >= 4 is 33.3 Å². The zero-order valence-electron chi connectivity index (χ0n) is 17.9. The van der Waals surface area contributed by atoms with Crippen LogP contribution in [0.5, 0.6) is 5.75 Å². The number of aryl methyl sites for hydroxylation is 2. The maximum absolute atomic E-state index is 13.7. The number of anilines is 1. The number of rotatable bonds is 5. The van der Waals surface area contributed by atoms with Gasteiger partial charge in [-0.3, -0.25) is 14.5 Å². The second kappa shape index (κ2) is 7.87. The summed E-state index contributed by atoms with van der Waals surface area (Å²) in [4.78, 5) is 28.8. The Morgan fingerprint density at radius 1 is 1.09 bits per heavy atom. The number of carbonyl (C=O) groups excluding carboxylic acids is 1. The molecule has 4 aromatic rings. The zero-order chi connectivity index (χ0) is 22.4. The molecule has 0 aliphatic carbocycles. The van der Waals surface area contributed by atoms with Crippen LogP contribution < -0.4 is 15.1 Å². The van der Waals surface area contributed by atoms with Crippen molar-refractivity contribution < 1.29 is 13.9 Å². The maximum Gasteiger partial charge on any atom is 0.297 e. The van der Waals surface area contributed by atoms with E-state index in [0.29, 0.717) is 33.8 Å². The Hall–Kier alpha value is -3.52. The summed E-state index contributed by atoms with van der Waals surface area (Å²) in [6, 6.07) is 12.2. The average Bonchev–Trinajstić information content (AvgIpc) is 3.41. The molecule has 2 aromatic carbocycles. The molecule has 1 amide bonds. The molecule has 0 radical (unpaired) electrons. The maximum atomic E-state index is 13.7. The zero-order valence-corrected chi connectivity index (χ0v) is 18.7. The highest BCUT2D eigenvalue weighted by molar-refractivity contribution is 7.15. The monoisotopic (exact) mass is 447 g/mol. The third-order valence-corrected chi connectivity index (χ3v) is 6.78. The predicted octanol–water partition coefficient (Wildman–Crippen LogP) is 4.53. The average molecular weight is 448 g/mol. The molecule has 2 aromatic heterocycles. The topological polar surface area (TPSA) is 85.5 Å². The third kappa shape index (κ3) is 3.10. The number of methoxy groups -OCH3 is 1. The number of benzene rings is 2. The molecule has 0 N–H and O–H groups in total. The van der Waals surface area contributed by atoms with Crippen molar-refractivity contribution in [2.75, 3.05) is 12.0 Å². The normalized spacial score (nSPS) is 15.4. The van der Waals surface area contributed by atoms with Crippen molar-refractivity contribution in [1.82, 2.24) is 10.2 Å². The molecule has 0 saturated heterocycles. The lowest BCUT2D eigenvalue weighted by atomic mass is 9.98. The van der Waals surface area contributed by atoms with Gasteiger partial charge in [0, 0.05) is 0 Å². The second-order valence-corrected chi connectivity index (χ2v) is 8.58. The van der Waals surface area contributed by atoms with E-state index in [1.807, 2.05) is 50.2 Å². The Bertz CT molecular complexity index is 1410. The number of hydrogen-bond acceptors (Lipinski definition) is 7. The summed E-state index contributed by atoms with van der Waals surface area (Å²) < 4.78 is 11.4. The minimum Gasteiger partial charge on any atom is -0.497 e. The molecule has 3 heterocycles. The molecule has 0 spiro atoms. The summed E-state index contributed by atoms with van der Waals surface area (Å²) in [7, 11) is 1.58. The third-order valence-electron chi connectivity index (χ3n) is 5.72. The van der Waals surface area contributed by atoms with E-state index in [9.17, 15) is 9.59 Å². The van der Waals surface area contributed by atoms with Gasteiger partial charge >= 0.3 is 0 Å². The number of hydrogen-bond donors (Lipinski definition) is 0. The van der Waals surface area contributed by atoms with E-state index in [2.05, 4.69) is 10.2 Å². The second-order valence-electron chi connectivity index (χ2n) is 7.54. The van der Waals surface area contributed by atoms with Gasteiger partial charge in [0.2, 0.25) is 10.9 Å².